The molecule has 3 aromatic carbocycles. The van der Waals surface area contributed by atoms with E-state index in [1.54, 1.807) is 6.07 Å². The number of piperidine rings is 1. The second-order valence-electron chi connectivity index (χ2n) is 10.2. The predicted molar refractivity (Wildman–Crippen MR) is 140 cm³/mol. The molecule has 2 heterocycles. The molecule has 1 aliphatic heterocycles. The minimum absolute atomic E-state index is 0.0313. The minimum Gasteiger partial charge on any atom is -0.508 e. The molecule has 0 saturated carbocycles. The Morgan fingerprint density at radius 2 is 1.85 bits per heavy atom. The molecule has 0 bridgehead atoms. The maximum atomic E-state index is 10.4. The van der Waals surface area contributed by atoms with Gasteiger partial charge in [-0.05, 0) is 73.0 Å². The molecule has 6 rings (SSSR count). The van der Waals surface area contributed by atoms with Crippen LogP contribution in [-0.2, 0) is 31.7 Å². The van der Waals surface area contributed by atoms with Crippen molar-refractivity contribution >= 4 is 22.5 Å². The quantitative estimate of drug-likeness (QED) is 0.388. The number of aromatic hydroxyl groups is 1. The monoisotopic (exact) mass is 470 g/mol. The van der Waals surface area contributed by atoms with Gasteiger partial charge in [0.1, 0.15) is 5.75 Å². The van der Waals surface area contributed by atoms with Gasteiger partial charge < -0.3 is 14.6 Å². The van der Waals surface area contributed by atoms with Crippen LogP contribution in [0.15, 0.2) is 72.8 Å². The number of fused-ring (bicyclic) bond motifs is 4. The van der Waals surface area contributed by atoms with Crippen LogP contribution in [0.1, 0.15) is 28.8 Å². The van der Waals surface area contributed by atoms with Crippen molar-refractivity contribution in [2.24, 2.45) is 13.0 Å². The summed E-state index contributed by atoms with van der Waals surface area (Å²) in [5.74, 6) is 0.860. The van der Waals surface area contributed by atoms with Gasteiger partial charge in [0, 0.05) is 36.6 Å². The number of halogens is 1. The van der Waals surface area contributed by atoms with Crippen molar-refractivity contribution < 1.29 is 5.11 Å². The lowest BCUT2D eigenvalue weighted by molar-refractivity contribution is 0.0815. The predicted octanol–water partition coefficient (Wildman–Crippen LogP) is 6.14. The van der Waals surface area contributed by atoms with Crippen molar-refractivity contribution in [2.75, 3.05) is 19.6 Å². The number of para-hydroxylation sites is 1. The van der Waals surface area contributed by atoms with E-state index in [0.717, 1.165) is 55.9 Å². The van der Waals surface area contributed by atoms with Gasteiger partial charge in [0.15, 0.2) is 0 Å². The topological polar surface area (TPSA) is 28.4 Å². The lowest BCUT2D eigenvalue weighted by atomic mass is 9.58. The molecule has 2 unspecified atom stereocenters. The van der Waals surface area contributed by atoms with Crippen LogP contribution in [0.3, 0.4) is 0 Å². The van der Waals surface area contributed by atoms with Gasteiger partial charge in [-0.1, -0.05) is 66.2 Å². The van der Waals surface area contributed by atoms with E-state index in [0.29, 0.717) is 11.7 Å². The first-order valence-corrected chi connectivity index (χ1v) is 12.7. The van der Waals surface area contributed by atoms with E-state index in [4.69, 9.17) is 11.6 Å². The maximum absolute atomic E-state index is 10.4. The standard InChI is InChI=1S/C30H31ClN2O/c1-32-28-19-30(22-9-5-10-24(34)17-22)14-16-33(15-13-21-7-3-2-4-8-21)20-23(30)18-26(28)25-11-6-12-27(31)29(25)32/h2-12,17,23,34H,13-16,18-20H2,1H3. The smallest absolute Gasteiger partial charge is 0.115 e. The van der Waals surface area contributed by atoms with Gasteiger partial charge in [0.05, 0.1) is 10.5 Å². The summed E-state index contributed by atoms with van der Waals surface area (Å²) in [7, 11) is 2.17. The number of aryl methyl sites for hydroxylation is 1. The third-order valence-corrected chi connectivity index (χ3v) is 8.75. The lowest BCUT2D eigenvalue weighted by Crippen LogP contribution is -2.54. The number of nitrogens with zero attached hydrogens (tertiary/aromatic N) is 2. The van der Waals surface area contributed by atoms with Gasteiger partial charge in [-0.15, -0.1) is 0 Å². The fourth-order valence-electron chi connectivity index (χ4n) is 6.66. The van der Waals surface area contributed by atoms with E-state index in [1.165, 1.54) is 27.8 Å². The summed E-state index contributed by atoms with van der Waals surface area (Å²) in [5, 5.41) is 12.5. The lowest BCUT2D eigenvalue weighted by Gasteiger charge is -2.51. The summed E-state index contributed by atoms with van der Waals surface area (Å²) < 4.78 is 2.33. The molecule has 2 atom stereocenters. The molecule has 174 valence electrons. The molecule has 1 saturated heterocycles. The molecule has 0 radical (unpaired) electrons. The largest absolute Gasteiger partial charge is 0.508 e. The van der Waals surface area contributed by atoms with Crippen LogP contribution in [0.25, 0.3) is 10.9 Å². The first-order valence-electron chi connectivity index (χ1n) is 12.4. The first kappa shape index (κ1) is 21.8. The van der Waals surface area contributed by atoms with Crippen LogP contribution in [0.5, 0.6) is 5.75 Å². The zero-order valence-corrected chi connectivity index (χ0v) is 20.4. The number of benzene rings is 3. The van der Waals surface area contributed by atoms with Gasteiger partial charge >= 0.3 is 0 Å². The second-order valence-corrected chi connectivity index (χ2v) is 10.6. The summed E-state index contributed by atoms with van der Waals surface area (Å²) >= 11 is 6.67. The molecule has 34 heavy (non-hydrogen) atoms. The van der Waals surface area contributed by atoms with Gasteiger partial charge in [-0.2, -0.15) is 0 Å². The van der Waals surface area contributed by atoms with Crippen molar-refractivity contribution in [3.8, 4) is 5.75 Å². The van der Waals surface area contributed by atoms with E-state index in [9.17, 15) is 5.11 Å². The molecule has 1 fully saturated rings. The van der Waals surface area contributed by atoms with Crippen LogP contribution in [0.4, 0.5) is 0 Å². The number of hydrogen-bond acceptors (Lipinski definition) is 2. The molecule has 0 amide bonds. The van der Waals surface area contributed by atoms with Crippen molar-refractivity contribution in [2.45, 2.75) is 31.1 Å². The molecule has 1 aromatic heterocycles. The average Bonchev–Trinajstić information content (AvgIpc) is 3.13. The van der Waals surface area contributed by atoms with Crippen LogP contribution in [0, 0.1) is 5.92 Å². The summed E-state index contributed by atoms with van der Waals surface area (Å²) in [6.45, 7) is 3.25. The third-order valence-electron chi connectivity index (χ3n) is 8.45. The van der Waals surface area contributed by atoms with Crippen LogP contribution in [-0.4, -0.2) is 34.2 Å². The maximum Gasteiger partial charge on any atom is 0.115 e. The Bertz CT molecular complexity index is 1340. The first-order chi connectivity index (χ1) is 16.5. The Hall–Kier alpha value is -2.75. The van der Waals surface area contributed by atoms with Gasteiger partial charge in [-0.25, -0.2) is 0 Å². The van der Waals surface area contributed by atoms with Crippen molar-refractivity contribution in [3.05, 3.63) is 100 Å². The molecular formula is C30H31ClN2O. The number of likely N-dealkylation sites (tertiary alicyclic amines) is 1. The Morgan fingerprint density at radius 3 is 2.68 bits per heavy atom. The van der Waals surface area contributed by atoms with Crippen molar-refractivity contribution in [1.29, 1.82) is 0 Å². The normalized spacial score (nSPS) is 22.5. The van der Waals surface area contributed by atoms with Gasteiger partial charge in [0.2, 0.25) is 0 Å². The Labute approximate surface area is 206 Å². The molecule has 4 aromatic rings. The van der Waals surface area contributed by atoms with Gasteiger partial charge in [0.25, 0.3) is 0 Å². The van der Waals surface area contributed by atoms with Crippen LogP contribution in [0.2, 0.25) is 5.02 Å². The Morgan fingerprint density at radius 1 is 1.03 bits per heavy atom. The molecule has 1 N–H and O–H groups in total. The van der Waals surface area contributed by atoms with Crippen LogP contribution < -0.4 is 0 Å². The highest BCUT2D eigenvalue weighted by molar-refractivity contribution is 6.35. The van der Waals surface area contributed by atoms with Gasteiger partial charge in [-0.3, -0.25) is 0 Å². The summed E-state index contributed by atoms with van der Waals surface area (Å²) in [6.07, 6.45) is 4.22. The summed E-state index contributed by atoms with van der Waals surface area (Å²) in [5.41, 5.74) is 6.74. The number of phenolic OH excluding ortho intramolecular Hbond substituents is 1. The highest BCUT2D eigenvalue weighted by atomic mass is 35.5. The van der Waals surface area contributed by atoms with E-state index in [1.807, 2.05) is 18.2 Å². The number of aromatic nitrogens is 1. The average molecular weight is 471 g/mol. The van der Waals surface area contributed by atoms with E-state index < -0.39 is 0 Å². The molecule has 2 aliphatic rings. The number of hydrogen-bond donors (Lipinski definition) is 1. The minimum atomic E-state index is 0.0313. The Kier molecular flexibility index (Phi) is 5.43. The molecular weight excluding hydrogens is 440 g/mol. The molecule has 1 aliphatic carbocycles. The fourth-order valence-corrected chi connectivity index (χ4v) is 6.96. The van der Waals surface area contributed by atoms with E-state index >= 15 is 0 Å². The SMILES string of the molecule is Cn1c2c(c3cccc(Cl)c31)CC1CN(CCc3ccccc3)CCC1(c1cccc(O)c1)C2. The highest BCUT2D eigenvalue weighted by Crippen LogP contribution is 2.50. The zero-order valence-electron chi connectivity index (χ0n) is 19.7. The molecule has 3 nitrogen and oxygen atoms in total. The highest BCUT2D eigenvalue weighted by Gasteiger charge is 2.48. The molecule has 0 spiro atoms. The number of rotatable bonds is 4. The van der Waals surface area contributed by atoms with E-state index in [-0.39, 0.29) is 5.41 Å². The van der Waals surface area contributed by atoms with E-state index in [2.05, 4.69) is 65.0 Å². The molecule has 4 heteroatoms. The van der Waals surface area contributed by atoms with Crippen LogP contribution >= 0.6 is 11.6 Å². The zero-order chi connectivity index (χ0) is 23.3. The van der Waals surface area contributed by atoms with Crippen molar-refractivity contribution in [1.82, 2.24) is 9.47 Å². The Balaban J connectivity index is 1.39. The number of phenols is 1. The second kappa shape index (κ2) is 8.48. The summed E-state index contributed by atoms with van der Waals surface area (Å²) in [6, 6.07) is 25.2. The van der Waals surface area contributed by atoms with Crippen molar-refractivity contribution in [3.63, 3.8) is 0 Å². The fraction of sp³-hybridized carbons (Fsp3) is 0.333. The third kappa shape index (κ3) is 3.54. The summed E-state index contributed by atoms with van der Waals surface area (Å²) in [4.78, 5) is 2.65.